The Labute approximate surface area is 156 Å². The fraction of sp³-hybridized carbons (Fsp3) is 0.250. The second-order valence-electron chi connectivity index (χ2n) is 6.73. The number of nitrogens with zero attached hydrogens (tertiary/aromatic N) is 3. The van der Waals surface area contributed by atoms with Crippen LogP contribution in [0.2, 0.25) is 0 Å². The number of anilines is 1. The number of nitrogens with one attached hydrogen (secondary N) is 1. The van der Waals surface area contributed by atoms with Crippen LogP contribution in [0.1, 0.15) is 16.1 Å². The number of nitrogens with two attached hydrogens (primary N) is 1. The predicted octanol–water partition coefficient (Wildman–Crippen LogP) is 1.34. The molecule has 1 fully saturated rings. The maximum Gasteiger partial charge on any atom is 0.248 e. The third-order valence-electron chi connectivity index (χ3n) is 4.91. The minimum Gasteiger partial charge on any atom is -0.366 e. The lowest BCUT2D eigenvalue weighted by atomic mass is 10.1. The summed E-state index contributed by atoms with van der Waals surface area (Å²) in [4.78, 5) is 36.0. The van der Waals surface area contributed by atoms with Gasteiger partial charge in [0.15, 0.2) is 5.43 Å². The summed E-state index contributed by atoms with van der Waals surface area (Å²) in [5.74, 6) is 0.465. The van der Waals surface area contributed by atoms with Crippen LogP contribution in [0.3, 0.4) is 0 Å². The van der Waals surface area contributed by atoms with Crippen molar-refractivity contribution in [3.05, 3.63) is 70.1 Å². The fourth-order valence-corrected chi connectivity index (χ4v) is 3.46. The molecule has 138 valence electrons. The van der Waals surface area contributed by atoms with E-state index in [9.17, 15) is 9.59 Å². The first-order valence-electron chi connectivity index (χ1n) is 8.94. The summed E-state index contributed by atoms with van der Waals surface area (Å²) < 4.78 is 0. The molecule has 4 rings (SSSR count). The van der Waals surface area contributed by atoms with Crippen molar-refractivity contribution < 1.29 is 4.79 Å². The largest absolute Gasteiger partial charge is 0.366 e. The summed E-state index contributed by atoms with van der Waals surface area (Å²) in [5.41, 5.74) is 7.12. The number of piperazine rings is 1. The molecule has 3 heterocycles. The van der Waals surface area contributed by atoms with Crippen LogP contribution in [-0.2, 0) is 6.54 Å². The number of hydrogen-bond acceptors (Lipinski definition) is 5. The third kappa shape index (κ3) is 3.68. The highest BCUT2D eigenvalue weighted by molar-refractivity contribution is 5.96. The van der Waals surface area contributed by atoms with Gasteiger partial charge in [0.25, 0.3) is 0 Å². The molecule has 3 aromatic rings. The molecule has 7 nitrogen and oxygen atoms in total. The van der Waals surface area contributed by atoms with Crippen LogP contribution in [0.4, 0.5) is 5.82 Å². The number of pyridine rings is 2. The summed E-state index contributed by atoms with van der Waals surface area (Å²) in [5, 5.41) is 0.482. The lowest BCUT2D eigenvalue weighted by Gasteiger charge is -2.35. The first-order valence-corrected chi connectivity index (χ1v) is 8.94. The zero-order chi connectivity index (χ0) is 18.8. The van der Waals surface area contributed by atoms with Crippen LogP contribution in [0.15, 0.2) is 53.5 Å². The Kier molecular flexibility index (Phi) is 4.60. The van der Waals surface area contributed by atoms with E-state index < -0.39 is 5.91 Å². The van der Waals surface area contributed by atoms with Gasteiger partial charge in [-0.05, 0) is 30.3 Å². The van der Waals surface area contributed by atoms with Crippen molar-refractivity contribution in [3.8, 4) is 0 Å². The monoisotopic (exact) mass is 363 g/mol. The molecule has 1 aliphatic heterocycles. The minimum atomic E-state index is -0.536. The van der Waals surface area contributed by atoms with Crippen molar-refractivity contribution >= 4 is 22.6 Å². The minimum absolute atomic E-state index is 0.103. The SMILES string of the molecule is NC(=O)c1ccc2[nH]c(CN3CCN(c4ccccn4)CC3)cc(=O)c2c1. The number of aromatic amines is 1. The van der Waals surface area contributed by atoms with Gasteiger partial charge in [-0.25, -0.2) is 4.98 Å². The number of hydrogen-bond donors (Lipinski definition) is 2. The summed E-state index contributed by atoms with van der Waals surface area (Å²) in [6.07, 6.45) is 1.81. The number of carbonyl (C=O) groups excluding carboxylic acids is 1. The van der Waals surface area contributed by atoms with E-state index in [0.717, 1.165) is 43.2 Å². The quantitative estimate of drug-likeness (QED) is 0.729. The topological polar surface area (TPSA) is 95.3 Å². The van der Waals surface area contributed by atoms with Crippen molar-refractivity contribution in [2.75, 3.05) is 31.1 Å². The number of benzene rings is 1. The number of carbonyl (C=O) groups is 1. The molecule has 7 heteroatoms. The van der Waals surface area contributed by atoms with Gasteiger partial charge in [0.1, 0.15) is 5.82 Å². The molecule has 0 saturated carbocycles. The predicted molar refractivity (Wildman–Crippen MR) is 105 cm³/mol. The van der Waals surface area contributed by atoms with E-state index in [1.54, 1.807) is 24.3 Å². The van der Waals surface area contributed by atoms with Crippen LogP contribution in [0.25, 0.3) is 10.9 Å². The van der Waals surface area contributed by atoms with E-state index in [4.69, 9.17) is 5.73 Å². The van der Waals surface area contributed by atoms with E-state index in [-0.39, 0.29) is 5.43 Å². The molecular weight excluding hydrogens is 342 g/mol. The van der Waals surface area contributed by atoms with Gasteiger partial charge in [0, 0.05) is 67.1 Å². The molecule has 3 N–H and O–H groups in total. The van der Waals surface area contributed by atoms with Gasteiger partial charge in [-0.3, -0.25) is 14.5 Å². The Balaban J connectivity index is 1.47. The van der Waals surface area contributed by atoms with E-state index in [2.05, 4.69) is 19.8 Å². The Morgan fingerprint density at radius 3 is 2.63 bits per heavy atom. The molecule has 0 spiro atoms. The number of primary amides is 1. The fourth-order valence-electron chi connectivity index (χ4n) is 3.46. The molecule has 2 aromatic heterocycles. The molecular formula is C20H21N5O2. The molecule has 0 aliphatic carbocycles. The second-order valence-corrected chi connectivity index (χ2v) is 6.73. The van der Waals surface area contributed by atoms with Gasteiger partial charge in [-0.2, -0.15) is 0 Å². The molecule has 1 amide bonds. The van der Waals surface area contributed by atoms with Crippen LogP contribution in [0, 0.1) is 0 Å². The van der Waals surface area contributed by atoms with Crippen LogP contribution < -0.4 is 16.1 Å². The normalized spacial score (nSPS) is 15.2. The Morgan fingerprint density at radius 1 is 1.11 bits per heavy atom. The summed E-state index contributed by atoms with van der Waals surface area (Å²) in [6.45, 7) is 4.28. The van der Waals surface area contributed by atoms with Gasteiger partial charge in [-0.15, -0.1) is 0 Å². The number of fused-ring (bicyclic) bond motifs is 1. The first kappa shape index (κ1) is 17.2. The van der Waals surface area contributed by atoms with Crippen LogP contribution >= 0.6 is 0 Å². The van der Waals surface area contributed by atoms with Gasteiger partial charge >= 0.3 is 0 Å². The Morgan fingerprint density at radius 2 is 1.93 bits per heavy atom. The van der Waals surface area contributed by atoms with E-state index >= 15 is 0 Å². The Hall–Kier alpha value is -3.19. The van der Waals surface area contributed by atoms with Gasteiger partial charge in [-0.1, -0.05) is 6.07 Å². The van der Waals surface area contributed by atoms with E-state index in [1.807, 2.05) is 24.4 Å². The molecule has 1 saturated heterocycles. The zero-order valence-electron chi connectivity index (χ0n) is 14.9. The first-order chi connectivity index (χ1) is 13.1. The summed E-state index contributed by atoms with van der Waals surface area (Å²) in [6, 6.07) is 12.5. The van der Waals surface area contributed by atoms with Crippen molar-refractivity contribution in [3.63, 3.8) is 0 Å². The maximum atomic E-state index is 12.4. The van der Waals surface area contributed by atoms with E-state index in [1.165, 1.54) is 0 Å². The molecule has 1 aromatic carbocycles. The Bertz CT molecular complexity index is 1020. The average molecular weight is 363 g/mol. The van der Waals surface area contributed by atoms with E-state index in [0.29, 0.717) is 17.5 Å². The van der Waals surface area contributed by atoms with Gasteiger partial charge < -0.3 is 15.6 Å². The van der Waals surface area contributed by atoms with Crippen LogP contribution in [-0.4, -0.2) is 47.0 Å². The number of H-pyrrole nitrogens is 1. The van der Waals surface area contributed by atoms with Crippen molar-refractivity contribution in [1.82, 2.24) is 14.9 Å². The average Bonchev–Trinajstić information content (AvgIpc) is 2.69. The van der Waals surface area contributed by atoms with Crippen molar-refractivity contribution in [2.45, 2.75) is 6.54 Å². The lowest BCUT2D eigenvalue weighted by molar-refractivity contribution is 0.100. The van der Waals surface area contributed by atoms with Gasteiger partial charge in [0.05, 0.1) is 0 Å². The molecule has 0 radical (unpaired) electrons. The standard InChI is InChI=1S/C20H21N5O2/c21-20(27)14-4-5-17-16(11-14)18(26)12-15(23-17)13-24-7-9-25(10-8-24)19-3-1-2-6-22-19/h1-6,11-12H,7-10,13H2,(H2,21,27)(H,23,26). The third-order valence-corrected chi connectivity index (χ3v) is 4.91. The molecule has 0 bridgehead atoms. The number of amides is 1. The molecule has 0 unspecified atom stereocenters. The molecule has 1 aliphatic rings. The second kappa shape index (κ2) is 7.20. The maximum absolute atomic E-state index is 12.4. The highest BCUT2D eigenvalue weighted by Gasteiger charge is 2.18. The summed E-state index contributed by atoms with van der Waals surface area (Å²) in [7, 11) is 0. The number of aromatic nitrogens is 2. The van der Waals surface area contributed by atoms with Gasteiger partial charge in [0.2, 0.25) is 5.91 Å². The smallest absolute Gasteiger partial charge is 0.248 e. The molecule has 27 heavy (non-hydrogen) atoms. The highest BCUT2D eigenvalue weighted by atomic mass is 16.1. The van der Waals surface area contributed by atoms with Crippen molar-refractivity contribution in [2.24, 2.45) is 5.73 Å². The summed E-state index contributed by atoms with van der Waals surface area (Å²) >= 11 is 0. The molecule has 0 atom stereocenters. The highest BCUT2D eigenvalue weighted by Crippen LogP contribution is 2.15. The van der Waals surface area contributed by atoms with Crippen molar-refractivity contribution in [1.29, 1.82) is 0 Å². The zero-order valence-corrected chi connectivity index (χ0v) is 14.9. The van der Waals surface area contributed by atoms with Crippen LogP contribution in [0.5, 0.6) is 0 Å². The lowest BCUT2D eigenvalue weighted by Crippen LogP contribution is -2.46. The number of rotatable bonds is 4.